The van der Waals surface area contributed by atoms with Crippen LogP contribution in [0.25, 0.3) is 0 Å². The fourth-order valence-corrected chi connectivity index (χ4v) is 2.54. The van der Waals surface area contributed by atoms with Crippen molar-refractivity contribution in [2.45, 2.75) is 26.2 Å². The number of aryl methyl sites for hydroxylation is 1. The van der Waals surface area contributed by atoms with Gasteiger partial charge in [-0.25, -0.2) is 0 Å². The first kappa shape index (κ1) is 12.9. The third-order valence-corrected chi connectivity index (χ3v) is 3.70. The van der Waals surface area contributed by atoms with Gasteiger partial charge in [0.2, 0.25) is 11.7 Å². The van der Waals surface area contributed by atoms with Gasteiger partial charge in [0.25, 0.3) is 0 Å². The fourth-order valence-electron chi connectivity index (χ4n) is 2.54. The molecule has 0 fully saturated rings. The van der Waals surface area contributed by atoms with E-state index in [4.69, 9.17) is 9.47 Å². The number of hydrogen-bond donors (Lipinski definition) is 0. The maximum atomic E-state index is 12.2. The maximum Gasteiger partial charge on any atom is 0.227 e. The van der Waals surface area contributed by atoms with Crippen LogP contribution in [0.2, 0.25) is 0 Å². The molecule has 20 heavy (non-hydrogen) atoms. The Hall–Kier alpha value is -2.07. The van der Waals surface area contributed by atoms with Crippen LogP contribution in [-0.2, 0) is 11.8 Å². The van der Waals surface area contributed by atoms with Crippen molar-refractivity contribution in [3.05, 3.63) is 63.6 Å². The summed E-state index contributed by atoms with van der Waals surface area (Å²) in [6.45, 7) is 3.84. The van der Waals surface area contributed by atoms with E-state index in [1.807, 2.05) is 55.8 Å². The minimum Gasteiger partial charge on any atom is -0.455 e. The Balaban J connectivity index is 2.08. The van der Waals surface area contributed by atoms with E-state index in [1.165, 1.54) is 0 Å². The number of nitrogens with zero attached hydrogens (tertiary/aromatic N) is 1. The molecule has 0 saturated carbocycles. The number of hydrogen-bond acceptors (Lipinski definition) is 3. The zero-order valence-corrected chi connectivity index (χ0v) is 11.8. The Labute approximate surface area is 117 Å². The molecule has 1 aliphatic rings. The molecule has 1 aromatic heterocycles. The van der Waals surface area contributed by atoms with E-state index in [0.29, 0.717) is 5.75 Å². The van der Waals surface area contributed by atoms with E-state index in [-0.39, 0.29) is 11.5 Å². The summed E-state index contributed by atoms with van der Waals surface area (Å²) in [7, 11) is 1.92. The van der Waals surface area contributed by atoms with E-state index in [1.54, 1.807) is 6.07 Å². The second-order valence-electron chi connectivity index (χ2n) is 5.06. The van der Waals surface area contributed by atoms with Crippen LogP contribution in [0.3, 0.4) is 0 Å². The van der Waals surface area contributed by atoms with Gasteiger partial charge in [-0.15, -0.1) is 0 Å². The lowest BCUT2D eigenvalue weighted by atomic mass is 10.1. The van der Waals surface area contributed by atoms with Gasteiger partial charge in [0.1, 0.15) is 6.10 Å². The van der Waals surface area contributed by atoms with Crippen molar-refractivity contribution < 1.29 is 9.47 Å². The molecule has 0 N–H and O–H groups in total. The third-order valence-electron chi connectivity index (χ3n) is 3.70. The molecule has 0 saturated heterocycles. The Morgan fingerprint density at radius 3 is 2.60 bits per heavy atom. The lowest BCUT2D eigenvalue weighted by molar-refractivity contribution is -0.142. The van der Waals surface area contributed by atoms with Crippen LogP contribution in [0.15, 0.2) is 41.2 Å². The number of benzene rings is 1. The summed E-state index contributed by atoms with van der Waals surface area (Å²) >= 11 is 0. The van der Waals surface area contributed by atoms with Crippen molar-refractivity contribution >= 4 is 0 Å². The van der Waals surface area contributed by atoms with Crippen LogP contribution in [0.4, 0.5) is 0 Å². The number of pyridine rings is 1. The average Bonchev–Trinajstić information content (AvgIpc) is 2.45. The summed E-state index contributed by atoms with van der Waals surface area (Å²) in [4.78, 5) is 12.2. The molecular formula is C16H17NO3. The summed E-state index contributed by atoms with van der Waals surface area (Å²) in [5.74, 6) is 0.394. The number of aromatic nitrogens is 1. The smallest absolute Gasteiger partial charge is 0.227 e. The predicted octanol–water partition coefficient (Wildman–Crippen LogP) is 2.86. The summed E-state index contributed by atoms with van der Waals surface area (Å²) in [5.41, 5.74) is 2.51. The lowest BCUT2D eigenvalue weighted by Gasteiger charge is -2.32. The van der Waals surface area contributed by atoms with Crippen LogP contribution in [0.1, 0.15) is 36.3 Å². The Morgan fingerprint density at radius 1 is 1.20 bits per heavy atom. The normalized spacial score (nSPS) is 21.1. The molecule has 0 unspecified atom stereocenters. The highest BCUT2D eigenvalue weighted by molar-refractivity contribution is 5.34. The highest BCUT2D eigenvalue weighted by Gasteiger charge is 2.31. The van der Waals surface area contributed by atoms with Crippen molar-refractivity contribution in [2.75, 3.05) is 0 Å². The Kier molecular flexibility index (Phi) is 3.10. The lowest BCUT2D eigenvalue weighted by Crippen LogP contribution is -2.28. The molecule has 4 heteroatoms. The van der Waals surface area contributed by atoms with Crippen molar-refractivity contribution in [1.29, 1.82) is 0 Å². The Morgan fingerprint density at radius 2 is 1.90 bits per heavy atom. The van der Waals surface area contributed by atoms with E-state index < -0.39 is 6.29 Å². The average molecular weight is 271 g/mol. The van der Waals surface area contributed by atoms with E-state index in [2.05, 4.69) is 0 Å². The maximum absolute atomic E-state index is 12.2. The standard InChI is InChI=1S/C16H17NO3/c1-10-9-13(18)15-14(17(10)3)11(2)19-16(20-15)12-7-5-4-6-8-12/h4-9,11,16H,1-3H3/t11-,16+/m1/s1. The van der Waals surface area contributed by atoms with Crippen molar-refractivity contribution in [3.8, 4) is 5.75 Å². The monoisotopic (exact) mass is 271 g/mol. The highest BCUT2D eigenvalue weighted by Crippen LogP contribution is 2.37. The van der Waals surface area contributed by atoms with Crippen LogP contribution in [-0.4, -0.2) is 4.57 Å². The molecular weight excluding hydrogens is 254 g/mol. The first-order valence-electron chi connectivity index (χ1n) is 6.65. The molecule has 3 rings (SSSR count). The summed E-state index contributed by atoms with van der Waals surface area (Å²) < 4.78 is 13.7. The second kappa shape index (κ2) is 4.80. The van der Waals surface area contributed by atoms with Gasteiger partial charge in [-0.05, 0) is 13.8 Å². The molecule has 0 spiro atoms. The first-order chi connectivity index (χ1) is 9.58. The van der Waals surface area contributed by atoms with Gasteiger partial charge in [-0.1, -0.05) is 30.3 Å². The van der Waals surface area contributed by atoms with Crippen molar-refractivity contribution in [3.63, 3.8) is 0 Å². The summed E-state index contributed by atoms with van der Waals surface area (Å²) in [5, 5.41) is 0. The molecule has 0 bridgehead atoms. The Bertz CT molecular complexity index is 691. The van der Waals surface area contributed by atoms with Crippen molar-refractivity contribution in [1.82, 2.24) is 4.57 Å². The van der Waals surface area contributed by atoms with Crippen LogP contribution < -0.4 is 10.2 Å². The molecule has 4 nitrogen and oxygen atoms in total. The number of rotatable bonds is 1. The molecule has 0 aliphatic carbocycles. The highest BCUT2D eigenvalue weighted by atomic mass is 16.7. The van der Waals surface area contributed by atoms with Crippen LogP contribution >= 0.6 is 0 Å². The molecule has 2 atom stereocenters. The molecule has 2 heterocycles. The van der Waals surface area contributed by atoms with E-state index in [0.717, 1.165) is 17.0 Å². The summed E-state index contributed by atoms with van der Waals surface area (Å²) in [6, 6.07) is 11.2. The third kappa shape index (κ3) is 2.02. The fraction of sp³-hybridized carbons (Fsp3) is 0.312. The van der Waals surface area contributed by atoms with Gasteiger partial charge in [0.05, 0.1) is 5.69 Å². The number of ether oxygens (including phenoxy) is 2. The molecule has 1 aliphatic heterocycles. The zero-order chi connectivity index (χ0) is 14.3. The van der Waals surface area contributed by atoms with Crippen LogP contribution in [0, 0.1) is 6.92 Å². The minimum absolute atomic E-state index is 0.0910. The van der Waals surface area contributed by atoms with Gasteiger partial charge in [-0.3, -0.25) is 4.79 Å². The minimum atomic E-state index is -0.533. The van der Waals surface area contributed by atoms with E-state index >= 15 is 0 Å². The van der Waals surface area contributed by atoms with E-state index in [9.17, 15) is 4.79 Å². The number of fused-ring (bicyclic) bond motifs is 1. The first-order valence-corrected chi connectivity index (χ1v) is 6.65. The second-order valence-corrected chi connectivity index (χ2v) is 5.06. The van der Waals surface area contributed by atoms with Gasteiger partial charge in [0, 0.05) is 24.4 Å². The van der Waals surface area contributed by atoms with Gasteiger partial charge in [-0.2, -0.15) is 0 Å². The molecule has 1 aromatic carbocycles. The largest absolute Gasteiger partial charge is 0.455 e. The SMILES string of the molecule is Cc1cc(=O)c2c(n1C)[C@@H](C)O[C@H](c1ccccc1)O2. The van der Waals surface area contributed by atoms with Gasteiger partial charge in [0.15, 0.2) is 5.75 Å². The van der Waals surface area contributed by atoms with Gasteiger partial charge < -0.3 is 14.0 Å². The van der Waals surface area contributed by atoms with Crippen LogP contribution in [0.5, 0.6) is 5.75 Å². The topological polar surface area (TPSA) is 40.5 Å². The summed E-state index contributed by atoms with van der Waals surface area (Å²) in [6.07, 6.45) is -0.726. The predicted molar refractivity (Wildman–Crippen MR) is 75.7 cm³/mol. The zero-order valence-electron chi connectivity index (χ0n) is 11.8. The molecule has 104 valence electrons. The molecule has 0 amide bonds. The molecule has 2 aromatic rings. The van der Waals surface area contributed by atoms with Gasteiger partial charge >= 0.3 is 0 Å². The van der Waals surface area contributed by atoms with Crippen molar-refractivity contribution in [2.24, 2.45) is 7.05 Å². The molecule has 0 radical (unpaired) electrons. The quantitative estimate of drug-likeness (QED) is 0.800.